The molecule has 0 bridgehead atoms. The third kappa shape index (κ3) is 2.64. The van der Waals surface area contributed by atoms with Crippen molar-refractivity contribution >= 4 is 28.5 Å². The zero-order valence-electron chi connectivity index (χ0n) is 9.41. The number of thioether (sulfide) groups is 1. The van der Waals surface area contributed by atoms with Gasteiger partial charge < -0.3 is 5.32 Å². The van der Waals surface area contributed by atoms with E-state index in [2.05, 4.69) is 23.3 Å². The zero-order chi connectivity index (χ0) is 11.5. The van der Waals surface area contributed by atoms with Crippen molar-refractivity contribution in [3.63, 3.8) is 0 Å². The van der Waals surface area contributed by atoms with Crippen molar-refractivity contribution in [2.45, 2.75) is 20.3 Å². The summed E-state index contributed by atoms with van der Waals surface area (Å²) in [4.78, 5) is 15.7. The Morgan fingerprint density at radius 1 is 1.38 bits per heavy atom. The number of carbonyl (C=O) groups excluding carboxylic acids is 1. The molecule has 0 aromatic heterocycles. The molecule has 1 fully saturated rings. The second-order valence-electron chi connectivity index (χ2n) is 3.85. The summed E-state index contributed by atoms with van der Waals surface area (Å²) in [6.45, 7) is 4.09. The van der Waals surface area contributed by atoms with E-state index in [0.717, 1.165) is 17.0 Å². The van der Waals surface area contributed by atoms with Crippen molar-refractivity contribution < 1.29 is 4.79 Å². The van der Waals surface area contributed by atoms with Crippen LogP contribution in [-0.2, 0) is 4.79 Å². The maximum Gasteiger partial charge on any atom is 0.226 e. The molecule has 0 saturated carbocycles. The molecule has 0 radical (unpaired) electrons. The van der Waals surface area contributed by atoms with Gasteiger partial charge in [0.15, 0.2) is 5.17 Å². The smallest absolute Gasteiger partial charge is 0.226 e. The molecule has 84 valence electrons. The lowest BCUT2D eigenvalue weighted by Crippen LogP contribution is -2.32. The Labute approximate surface area is 99.3 Å². The van der Waals surface area contributed by atoms with E-state index < -0.39 is 0 Å². The molecule has 4 heteroatoms. The summed E-state index contributed by atoms with van der Waals surface area (Å²) in [6, 6.07) is 6.11. The molecule has 3 nitrogen and oxygen atoms in total. The lowest BCUT2D eigenvalue weighted by molar-refractivity contribution is -0.119. The van der Waals surface area contributed by atoms with E-state index in [4.69, 9.17) is 0 Å². The summed E-state index contributed by atoms with van der Waals surface area (Å²) in [7, 11) is 0. The Hall–Kier alpha value is -1.29. The average Bonchev–Trinajstić information content (AvgIpc) is 2.22. The lowest BCUT2D eigenvalue weighted by Gasteiger charge is -2.13. The first kappa shape index (κ1) is 11.2. The number of nitrogens with one attached hydrogen (secondary N) is 1. The number of amides is 1. The van der Waals surface area contributed by atoms with Gasteiger partial charge in [-0.15, -0.1) is 0 Å². The van der Waals surface area contributed by atoms with Crippen LogP contribution in [0.25, 0.3) is 0 Å². The lowest BCUT2D eigenvalue weighted by atomic mass is 10.1. The Balaban J connectivity index is 2.24. The monoisotopic (exact) mass is 234 g/mol. The second kappa shape index (κ2) is 4.70. The second-order valence-corrected chi connectivity index (χ2v) is 4.94. The molecule has 2 rings (SSSR count). The number of amidine groups is 1. The van der Waals surface area contributed by atoms with Crippen LogP contribution >= 0.6 is 11.8 Å². The molecule has 0 atom stereocenters. The quantitative estimate of drug-likeness (QED) is 0.811. The van der Waals surface area contributed by atoms with Crippen LogP contribution < -0.4 is 5.32 Å². The summed E-state index contributed by atoms with van der Waals surface area (Å²) < 4.78 is 0. The van der Waals surface area contributed by atoms with Gasteiger partial charge in [0.1, 0.15) is 0 Å². The fraction of sp³-hybridized carbons (Fsp3) is 0.333. The van der Waals surface area contributed by atoms with Crippen LogP contribution in [0.3, 0.4) is 0 Å². The van der Waals surface area contributed by atoms with Gasteiger partial charge in [0.2, 0.25) is 5.91 Å². The Bertz CT molecular complexity index is 454. The van der Waals surface area contributed by atoms with Gasteiger partial charge in [-0.1, -0.05) is 29.5 Å². The first-order valence-electron chi connectivity index (χ1n) is 5.24. The standard InChI is InChI=1S/C12H14N2OS/c1-8-3-4-10(9(2)7-8)13-12-14-11(15)5-6-16-12/h3-4,7H,5-6H2,1-2H3,(H,13,14,15). The number of benzene rings is 1. The minimum absolute atomic E-state index is 0.0577. The fourth-order valence-electron chi connectivity index (χ4n) is 1.56. The number of hydrogen-bond acceptors (Lipinski definition) is 3. The maximum absolute atomic E-state index is 11.2. The number of aliphatic imine (C=N–C) groups is 1. The molecule has 1 heterocycles. The molecule has 1 aromatic carbocycles. The number of aryl methyl sites for hydroxylation is 2. The van der Waals surface area contributed by atoms with Crippen molar-refractivity contribution in [2.24, 2.45) is 4.99 Å². The van der Waals surface area contributed by atoms with Crippen molar-refractivity contribution in [2.75, 3.05) is 5.75 Å². The summed E-state index contributed by atoms with van der Waals surface area (Å²) in [5, 5.41) is 3.49. The molecule has 16 heavy (non-hydrogen) atoms. The minimum atomic E-state index is 0.0577. The van der Waals surface area contributed by atoms with E-state index in [-0.39, 0.29) is 5.91 Å². The molecule has 0 spiro atoms. The Kier molecular flexibility index (Phi) is 3.29. The van der Waals surface area contributed by atoms with Crippen LogP contribution in [0.4, 0.5) is 5.69 Å². The number of nitrogens with zero attached hydrogens (tertiary/aromatic N) is 1. The molecule has 1 aliphatic heterocycles. The molecular formula is C12H14N2OS. The minimum Gasteiger partial charge on any atom is -0.305 e. The molecule has 1 saturated heterocycles. The van der Waals surface area contributed by atoms with Gasteiger partial charge in [0.05, 0.1) is 5.69 Å². The summed E-state index contributed by atoms with van der Waals surface area (Å²) in [5.74, 6) is 0.873. The highest BCUT2D eigenvalue weighted by Crippen LogP contribution is 2.22. The molecule has 1 amide bonds. The number of rotatable bonds is 1. The van der Waals surface area contributed by atoms with Crippen LogP contribution in [0, 0.1) is 13.8 Å². The predicted octanol–water partition coefficient (Wildman–Crippen LogP) is 2.54. The van der Waals surface area contributed by atoms with Gasteiger partial charge >= 0.3 is 0 Å². The molecular weight excluding hydrogens is 220 g/mol. The predicted molar refractivity (Wildman–Crippen MR) is 68.2 cm³/mol. The van der Waals surface area contributed by atoms with Gasteiger partial charge in [-0.3, -0.25) is 4.79 Å². The van der Waals surface area contributed by atoms with E-state index in [9.17, 15) is 4.79 Å². The van der Waals surface area contributed by atoms with Gasteiger partial charge in [-0.2, -0.15) is 0 Å². The molecule has 0 aliphatic carbocycles. The maximum atomic E-state index is 11.2. The first-order chi connectivity index (χ1) is 7.65. The van der Waals surface area contributed by atoms with Crippen LogP contribution in [0.15, 0.2) is 23.2 Å². The van der Waals surface area contributed by atoms with Crippen LogP contribution in [0.5, 0.6) is 0 Å². The number of hydrogen-bond donors (Lipinski definition) is 1. The Morgan fingerprint density at radius 2 is 2.19 bits per heavy atom. The van der Waals surface area contributed by atoms with Gasteiger partial charge in [0, 0.05) is 12.2 Å². The Morgan fingerprint density at radius 3 is 2.88 bits per heavy atom. The van der Waals surface area contributed by atoms with E-state index in [1.165, 1.54) is 5.56 Å². The third-order valence-electron chi connectivity index (χ3n) is 2.39. The van der Waals surface area contributed by atoms with Crippen molar-refractivity contribution in [1.82, 2.24) is 5.32 Å². The zero-order valence-corrected chi connectivity index (χ0v) is 10.2. The third-order valence-corrected chi connectivity index (χ3v) is 3.26. The number of carbonyl (C=O) groups is 1. The molecule has 1 N–H and O–H groups in total. The van der Waals surface area contributed by atoms with E-state index >= 15 is 0 Å². The SMILES string of the molecule is Cc1ccc(N=C2NC(=O)CCS2)c(C)c1. The largest absolute Gasteiger partial charge is 0.305 e. The van der Waals surface area contributed by atoms with Crippen molar-refractivity contribution in [3.05, 3.63) is 29.3 Å². The summed E-state index contributed by atoms with van der Waals surface area (Å²) in [6.07, 6.45) is 0.580. The topological polar surface area (TPSA) is 41.5 Å². The van der Waals surface area contributed by atoms with Crippen LogP contribution in [-0.4, -0.2) is 16.8 Å². The van der Waals surface area contributed by atoms with E-state index in [0.29, 0.717) is 11.6 Å². The molecule has 1 aromatic rings. The highest BCUT2D eigenvalue weighted by molar-refractivity contribution is 8.14. The van der Waals surface area contributed by atoms with Gasteiger partial charge in [-0.25, -0.2) is 4.99 Å². The highest BCUT2D eigenvalue weighted by Gasteiger charge is 2.13. The van der Waals surface area contributed by atoms with Crippen molar-refractivity contribution in [3.8, 4) is 0 Å². The molecule has 1 aliphatic rings. The van der Waals surface area contributed by atoms with E-state index in [1.54, 1.807) is 11.8 Å². The summed E-state index contributed by atoms with van der Waals surface area (Å²) in [5.41, 5.74) is 3.28. The van der Waals surface area contributed by atoms with E-state index in [1.807, 2.05) is 19.1 Å². The normalized spacial score (nSPS) is 18.6. The van der Waals surface area contributed by atoms with Crippen molar-refractivity contribution in [1.29, 1.82) is 0 Å². The average molecular weight is 234 g/mol. The van der Waals surface area contributed by atoms with Crippen LogP contribution in [0.1, 0.15) is 17.5 Å². The fourth-order valence-corrected chi connectivity index (χ4v) is 2.39. The molecule has 0 unspecified atom stereocenters. The van der Waals surface area contributed by atoms with Gasteiger partial charge in [0.25, 0.3) is 0 Å². The summed E-state index contributed by atoms with van der Waals surface area (Å²) >= 11 is 1.59. The highest BCUT2D eigenvalue weighted by atomic mass is 32.2. The first-order valence-corrected chi connectivity index (χ1v) is 6.22. The van der Waals surface area contributed by atoms with Gasteiger partial charge in [-0.05, 0) is 25.5 Å². The van der Waals surface area contributed by atoms with Crippen LogP contribution in [0.2, 0.25) is 0 Å².